The van der Waals surface area contributed by atoms with Gasteiger partial charge in [0.05, 0.1) is 0 Å². The number of carbonyl (C=O) groups is 1. The number of carbonyl (C=O) groups excluding carboxylic acids is 1. The molecule has 0 atom stereocenters. The van der Waals surface area contributed by atoms with Gasteiger partial charge in [0.15, 0.2) is 0 Å². The summed E-state index contributed by atoms with van der Waals surface area (Å²) in [6.07, 6.45) is 8.35. The van der Waals surface area contributed by atoms with Crippen LogP contribution in [0.25, 0.3) is 0 Å². The number of likely N-dealkylation sites (tertiary alicyclic amines) is 1. The van der Waals surface area contributed by atoms with Crippen LogP contribution in [0.1, 0.15) is 44.9 Å². The summed E-state index contributed by atoms with van der Waals surface area (Å²) >= 11 is 0. The standard InChI is InChI=1S/C13H22N2O/c1-15-9-13(6-11(15)16)7-12(8-13)4-2-10(14)3-5-12/h10H,2-9,14H2,1H3. The molecular weight excluding hydrogens is 200 g/mol. The minimum atomic E-state index is 0.349. The minimum absolute atomic E-state index is 0.349. The molecule has 0 aromatic rings. The Bertz CT molecular complexity index is 310. The highest BCUT2D eigenvalue weighted by atomic mass is 16.2. The summed E-state index contributed by atoms with van der Waals surface area (Å²) < 4.78 is 0. The van der Waals surface area contributed by atoms with Gasteiger partial charge in [-0.25, -0.2) is 0 Å². The second kappa shape index (κ2) is 3.22. The van der Waals surface area contributed by atoms with Crippen molar-refractivity contribution >= 4 is 5.91 Å². The van der Waals surface area contributed by atoms with Gasteiger partial charge in [-0.3, -0.25) is 4.79 Å². The van der Waals surface area contributed by atoms with E-state index in [1.165, 1.54) is 38.5 Å². The molecule has 1 heterocycles. The molecule has 16 heavy (non-hydrogen) atoms. The fraction of sp³-hybridized carbons (Fsp3) is 0.923. The Morgan fingerprint density at radius 3 is 2.38 bits per heavy atom. The van der Waals surface area contributed by atoms with Crippen molar-refractivity contribution < 1.29 is 4.79 Å². The molecule has 1 amide bonds. The highest BCUT2D eigenvalue weighted by Crippen LogP contribution is 2.64. The number of nitrogens with two attached hydrogens (primary N) is 1. The lowest BCUT2D eigenvalue weighted by atomic mass is 9.48. The minimum Gasteiger partial charge on any atom is -0.345 e. The number of hydrogen-bond donors (Lipinski definition) is 1. The van der Waals surface area contributed by atoms with Gasteiger partial charge >= 0.3 is 0 Å². The maximum absolute atomic E-state index is 11.6. The summed E-state index contributed by atoms with van der Waals surface area (Å²) in [5.74, 6) is 0.349. The maximum Gasteiger partial charge on any atom is 0.222 e. The molecule has 3 heteroatoms. The van der Waals surface area contributed by atoms with Gasteiger partial charge in [0.25, 0.3) is 0 Å². The van der Waals surface area contributed by atoms with Crippen molar-refractivity contribution in [1.29, 1.82) is 0 Å². The molecule has 0 unspecified atom stereocenters. The number of nitrogens with zero attached hydrogens (tertiary/aromatic N) is 1. The molecule has 2 spiro atoms. The van der Waals surface area contributed by atoms with Gasteiger partial charge < -0.3 is 10.6 Å². The quantitative estimate of drug-likeness (QED) is 0.675. The van der Waals surface area contributed by atoms with Gasteiger partial charge in [-0.05, 0) is 49.4 Å². The molecule has 90 valence electrons. The van der Waals surface area contributed by atoms with Crippen LogP contribution in [0.5, 0.6) is 0 Å². The zero-order valence-electron chi connectivity index (χ0n) is 10.2. The zero-order valence-corrected chi connectivity index (χ0v) is 10.2. The van der Waals surface area contributed by atoms with Gasteiger partial charge in [-0.15, -0.1) is 0 Å². The summed E-state index contributed by atoms with van der Waals surface area (Å²) in [5, 5.41) is 0. The molecule has 0 aromatic carbocycles. The van der Waals surface area contributed by atoms with Crippen LogP contribution in [0, 0.1) is 10.8 Å². The monoisotopic (exact) mass is 222 g/mol. The molecule has 1 aliphatic heterocycles. The summed E-state index contributed by atoms with van der Waals surface area (Å²) in [7, 11) is 1.94. The number of amides is 1. The van der Waals surface area contributed by atoms with Crippen LogP contribution in [0.2, 0.25) is 0 Å². The van der Waals surface area contributed by atoms with E-state index in [4.69, 9.17) is 5.73 Å². The van der Waals surface area contributed by atoms with Crippen molar-refractivity contribution in [3.05, 3.63) is 0 Å². The van der Waals surface area contributed by atoms with Crippen LogP contribution in [0.3, 0.4) is 0 Å². The maximum atomic E-state index is 11.6. The first-order valence-corrected chi connectivity index (χ1v) is 6.52. The van der Waals surface area contributed by atoms with E-state index in [1.807, 2.05) is 11.9 Å². The van der Waals surface area contributed by atoms with E-state index in [0.717, 1.165) is 13.0 Å². The van der Waals surface area contributed by atoms with Crippen molar-refractivity contribution in [2.75, 3.05) is 13.6 Å². The summed E-state index contributed by atoms with van der Waals surface area (Å²) in [4.78, 5) is 13.5. The van der Waals surface area contributed by atoms with Gasteiger partial charge in [-0.1, -0.05) is 0 Å². The van der Waals surface area contributed by atoms with Crippen LogP contribution in [0.4, 0.5) is 0 Å². The first-order chi connectivity index (χ1) is 7.53. The van der Waals surface area contributed by atoms with Gasteiger partial charge in [0.1, 0.15) is 0 Å². The van der Waals surface area contributed by atoms with E-state index < -0.39 is 0 Å². The largest absolute Gasteiger partial charge is 0.345 e. The van der Waals surface area contributed by atoms with Crippen LogP contribution in [0.15, 0.2) is 0 Å². The van der Waals surface area contributed by atoms with Crippen molar-refractivity contribution in [1.82, 2.24) is 4.90 Å². The third kappa shape index (κ3) is 1.48. The molecule has 2 aliphatic carbocycles. The van der Waals surface area contributed by atoms with E-state index in [1.54, 1.807) is 0 Å². The lowest BCUT2D eigenvalue weighted by molar-refractivity contribution is -0.127. The van der Waals surface area contributed by atoms with Crippen LogP contribution >= 0.6 is 0 Å². The first-order valence-electron chi connectivity index (χ1n) is 6.52. The normalized spacial score (nSPS) is 47.8. The summed E-state index contributed by atoms with van der Waals surface area (Å²) in [6, 6.07) is 0.440. The molecule has 0 radical (unpaired) electrons. The third-order valence-corrected chi connectivity index (χ3v) is 5.12. The smallest absolute Gasteiger partial charge is 0.222 e. The Balaban J connectivity index is 1.64. The topological polar surface area (TPSA) is 46.3 Å². The highest BCUT2D eigenvalue weighted by molar-refractivity contribution is 5.79. The average molecular weight is 222 g/mol. The lowest BCUT2D eigenvalue weighted by Crippen LogP contribution is -2.50. The van der Waals surface area contributed by atoms with Crippen LogP contribution in [-0.2, 0) is 4.79 Å². The Kier molecular flexibility index (Phi) is 2.13. The molecule has 2 saturated carbocycles. The van der Waals surface area contributed by atoms with E-state index in [-0.39, 0.29) is 0 Å². The predicted molar refractivity (Wildman–Crippen MR) is 62.8 cm³/mol. The van der Waals surface area contributed by atoms with Gasteiger partial charge in [0, 0.05) is 26.1 Å². The summed E-state index contributed by atoms with van der Waals surface area (Å²) in [6.45, 7) is 1.000. The second-order valence-corrected chi connectivity index (χ2v) is 6.62. The van der Waals surface area contributed by atoms with Crippen LogP contribution in [-0.4, -0.2) is 30.4 Å². The van der Waals surface area contributed by atoms with Gasteiger partial charge in [0.2, 0.25) is 5.91 Å². The zero-order chi connectivity index (χ0) is 11.4. The number of rotatable bonds is 0. The Hall–Kier alpha value is -0.570. The predicted octanol–water partition coefficient (Wildman–Crippen LogP) is 1.52. The fourth-order valence-electron chi connectivity index (χ4n) is 4.49. The third-order valence-electron chi connectivity index (χ3n) is 5.12. The van der Waals surface area contributed by atoms with E-state index in [9.17, 15) is 4.79 Å². The molecule has 3 nitrogen and oxygen atoms in total. The molecular formula is C13H22N2O. The second-order valence-electron chi connectivity index (χ2n) is 6.62. The lowest BCUT2D eigenvalue weighted by Gasteiger charge is -2.57. The summed E-state index contributed by atoms with van der Waals surface area (Å²) in [5.41, 5.74) is 6.89. The van der Waals surface area contributed by atoms with Gasteiger partial charge in [-0.2, -0.15) is 0 Å². The average Bonchev–Trinajstić information content (AvgIpc) is 2.47. The Labute approximate surface area is 97.4 Å². The molecule has 3 aliphatic rings. The number of hydrogen-bond acceptors (Lipinski definition) is 2. The Morgan fingerprint density at radius 2 is 1.88 bits per heavy atom. The molecule has 1 saturated heterocycles. The van der Waals surface area contributed by atoms with E-state index >= 15 is 0 Å². The fourth-order valence-corrected chi connectivity index (χ4v) is 4.49. The van der Waals surface area contributed by atoms with Crippen molar-refractivity contribution in [2.24, 2.45) is 16.6 Å². The van der Waals surface area contributed by atoms with Crippen molar-refractivity contribution in [3.8, 4) is 0 Å². The molecule has 3 fully saturated rings. The van der Waals surface area contributed by atoms with Crippen molar-refractivity contribution in [2.45, 2.75) is 51.0 Å². The van der Waals surface area contributed by atoms with Crippen LogP contribution < -0.4 is 5.73 Å². The van der Waals surface area contributed by atoms with Crippen molar-refractivity contribution in [3.63, 3.8) is 0 Å². The SMILES string of the molecule is CN1CC2(CC1=O)CC1(CCC(N)CC1)C2. The molecule has 3 rings (SSSR count). The van der Waals surface area contributed by atoms with E-state index in [2.05, 4.69) is 0 Å². The molecule has 0 bridgehead atoms. The first kappa shape index (κ1) is 10.6. The molecule has 0 aromatic heterocycles. The molecule has 2 N–H and O–H groups in total. The van der Waals surface area contributed by atoms with E-state index in [0.29, 0.717) is 22.8 Å². The highest BCUT2D eigenvalue weighted by Gasteiger charge is 2.58. The Morgan fingerprint density at radius 1 is 1.25 bits per heavy atom.